The maximum Gasteiger partial charge on any atom is 0.306 e. The second kappa shape index (κ2) is 64.7. The molecule has 1 unspecified atom stereocenters. The Kier molecular flexibility index (Phi) is 63.1. The van der Waals surface area contributed by atoms with E-state index >= 15 is 0 Å². The minimum absolute atomic E-state index is 0.0636. The molecule has 0 aromatic heterocycles. The van der Waals surface area contributed by atoms with Crippen molar-refractivity contribution < 1.29 is 28.6 Å². The van der Waals surface area contributed by atoms with Crippen molar-refractivity contribution in [3.63, 3.8) is 0 Å². The van der Waals surface area contributed by atoms with Gasteiger partial charge in [-0.1, -0.05) is 341 Å². The Labute approximate surface area is 469 Å². The van der Waals surface area contributed by atoms with Gasteiger partial charge in [-0.2, -0.15) is 0 Å². The summed E-state index contributed by atoms with van der Waals surface area (Å²) in [5.41, 5.74) is 0. The van der Waals surface area contributed by atoms with Crippen molar-refractivity contribution in [3.8, 4) is 0 Å². The standard InChI is InChI=1S/C69H132O6/c1-4-7-10-13-15-17-19-21-23-25-26-27-28-29-30-31-32-33-34-35-36-37-38-39-40-41-42-44-45-47-49-51-53-56-59-62-68(71)74-65-66(64-73-67(70)61-58-55-12-9-6-3)75-69(72)63-60-57-54-52-50-48-46-43-24-22-20-18-16-14-11-8-5-2/h25-26,66H,4-24,27-65H2,1-3H3/b26-25-. The Morgan fingerprint density at radius 3 is 0.667 bits per heavy atom. The number of unbranched alkanes of at least 4 members (excludes halogenated alkanes) is 51. The summed E-state index contributed by atoms with van der Waals surface area (Å²) >= 11 is 0. The predicted octanol–water partition coefficient (Wildman–Crippen LogP) is 23.2. The van der Waals surface area contributed by atoms with Crippen LogP contribution in [0.2, 0.25) is 0 Å². The minimum Gasteiger partial charge on any atom is -0.462 e. The fourth-order valence-electron chi connectivity index (χ4n) is 10.6. The van der Waals surface area contributed by atoms with Crippen LogP contribution in [0.15, 0.2) is 12.2 Å². The highest BCUT2D eigenvalue weighted by Gasteiger charge is 2.19. The molecular weight excluding hydrogens is 925 g/mol. The molecule has 444 valence electrons. The third-order valence-electron chi connectivity index (χ3n) is 15.8. The first-order chi connectivity index (χ1) is 37.0. The first-order valence-electron chi connectivity index (χ1n) is 34.2. The van der Waals surface area contributed by atoms with Gasteiger partial charge in [0.1, 0.15) is 13.2 Å². The van der Waals surface area contributed by atoms with Gasteiger partial charge in [-0.15, -0.1) is 0 Å². The lowest BCUT2D eigenvalue weighted by Gasteiger charge is -2.18. The van der Waals surface area contributed by atoms with Crippen LogP contribution in [-0.4, -0.2) is 37.2 Å². The monoisotopic (exact) mass is 1060 g/mol. The number of esters is 3. The van der Waals surface area contributed by atoms with Crippen molar-refractivity contribution in [2.75, 3.05) is 13.2 Å². The molecule has 75 heavy (non-hydrogen) atoms. The second-order valence-electron chi connectivity index (χ2n) is 23.5. The molecule has 6 nitrogen and oxygen atoms in total. The zero-order chi connectivity index (χ0) is 54.3. The summed E-state index contributed by atoms with van der Waals surface area (Å²) in [6.45, 7) is 6.63. The molecule has 0 saturated carbocycles. The van der Waals surface area contributed by atoms with Crippen LogP contribution >= 0.6 is 0 Å². The van der Waals surface area contributed by atoms with E-state index in [-0.39, 0.29) is 31.1 Å². The Bertz CT molecular complexity index is 1170. The number of rotatable bonds is 64. The van der Waals surface area contributed by atoms with Gasteiger partial charge in [0, 0.05) is 19.3 Å². The van der Waals surface area contributed by atoms with E-state index in [2.05, 4.69) is 32.9 Å². The number of carbonyl (C=O) groups is 3. The average molecular weight is 1060 g/mol. The van der Waals surface area contributed by atoms with Crippen molar-refractivity contribution in [2.24, 2.45) is 0 Å². The van der Waals surface area contributed by atoms with Crippen molar-refractivity contribution in [1.29, 1.82) is 0 Å². The maximum atomic E-state index is 12.8. The van der Waals surface area contributed by atoms with Crippen molar-refractivity contribution in [2.45, 2.75) is 399 Å². The molecule has 0 aliphatic heterocycles. The van der Waals surface area contributed by atoms with Crippen LogP contribution in [0.25, 0.3) is 0 Å². The third-order valence-corrected chi connectivity index (χ3v) is 15.8. The Hall–Kier alpha value is -1.85. The second-order valence-corrected chi connectivity index (χ2v) is 23.5. The highest BCUT2D eigenvalue weighted by molar-refractivity contribution is 5.71. The Balaban J connectivity index is 3.83. The molecule has 0 aliphatic rings. The molecule has 0 spiro atoms. The van der Waals surface area contributed by atoms with E-state index in [9.17, 15) is 14.4 Å². The molecular formula is C69H132O6. The largest absolute Gasteiger partial charge is 0.462 e. The normalized spacial score (nSPS) is 12.0. The fourth-order valence-corrected chi connectivity index (χ4v) is 10.6. The topological polar surface area (TPSA) is 78.9 Å². The molecule has 0 aromatic carbocycles. The summed E-state index contributed by atoms with van der Waals surface area (Å²) in [6.07, 6.45) is 77.4. The van der Waals surface area contributed by atoms with E-state index in [1.165, 1.54) is 289 Å². The first-order valence-corrected chi connectivity index (χ1v) is 34.2. The maximum absolute atomic E-state index is 12.8. The quantitative estimate of drug-likeness (QED) is 0.0261. The van der Waals surface area contributed by atoms with Crippen LogP contribution in [0.4, 0.5) is 0 Å². The van der Waals surface area contributed by atoms with Crippen molar-refractivity contribution in [3.05, 3.63) is 12.2 Å². The molecule has 0 heterocycles. The lowest BCUT2D eigenvalue weighted by Crippen LogP contribution is -2.30. The van der Waals surface area contributed by atoms with Gasteiger partial charge >= 0.3 is 17.9 Å². The molecule has 0 fully saturated rings. The van der Waals surface area contributed by atoms with E-state index in [1.807, 2.05) is 0 Å². The van der Waals surface area contributed by atoms with E-state index in [0.29, 0.717) is 19.3 Å². The smallest absolute Gasteiger partial charge is 0.306 e. The van der Waals surface area contributed by atoms with E-state index < -0.39 is 6.10 Å². The number of ether oxygens (including phenoxy) is 3. The average Bonchev–Trinajstić information content (AvgIpc) is 3.41. The summed E-state index contributed by atoms with van der Waals surface area (Å²) < 4.78 is 16.8. The first kappa shape index (κ1) is 73.2. The Morgan fingerprint density at radius 2 is 0.440 bits per heavy atom. The molecule has 0 N–H and O–H groups in total. The van der Waals surface area contributed by atoms with E-state index in [1.54, 1.807) is 0 Å². The minimum atomic E-state index is -0.761. The van der Waals surface area contributed by atoms with Crippen LogP contribution in [0, 0.1) is 0 Å². The number of carbonyl (C=O) groups excluding carboxylic acids is 3. The number of allylic oxidation sites excluding steroid dienone is 2. The predicted molar refractivity (Wildman–Crippen MR) is 326 cm³/mol. The van der Waals surface area contributed by atoms with Gasteiger partial charge in [0.05, 0.1) is 0 Å². The summed E-state index contributed by atoms with van der Waals surface area (Å²) in [7, 11) is 0. The number of hydrogen-bond donors (Lipinski definition) is 0. The van der Waals surface area contributed by atoms with Crippen LogP contribution in [-0.2, 0) is 28.6 Å². The van der Waals surface area contributed by atoms with Crippen LogP contribution in [0.5, 0.6) is 0 Å². The molecule has 1 atom stereocenters. The summed E-state index contributed by atoms with van der Waals surface area (Å²) in [5, 5.41) is 0. The molecule has 0 rings (SSSR count). The number of hydrogen-bond acceptors (Lipinski definition) is 6. The summed E-state index contributed by atoms with van der Waals surface area (Å²) in [5.74, 6) is -0.850. The molecule has 0 aromatic rings. The van der Waals surface area contributed by atoms with Gasteiger partial charge in [-0.05, 0) is 44.9 Å². The molecule has 6 heteroatoms. The van der Waals surface area contributed by atoms with Gasteiger partial charge in [-0.25, -0.2) is 0 Å². The molecule has 0 bridgehead atoms. The van der Waals surface area contributed by atoms with E-state index in [4.69, 9.17) is 14.2 Å². The summed E-state index contributed by atoms with van der Waals surface area (Å²) in [6, 6.07) is 0. The van der Waals surface area contributed by atoms with Gasteiger partial charge in [0.15, 0.2) is 6.10 Å². The molecule has 0 radical (unpaired) electrons. The summed E-state index contributed by atoms with van der Waals surface area (Å²) in [4.78, 5) is 37.9. The van der Waals surface area contributed by atoms with Gasteiger partial charge < -0.3 is 14.2 Å². The highest BCUT2D eigenvalue weighted by Crippen LogP contribution is 2.19. The van der Waals surface area contributed by atoms with Gasteiger partial charge in [-0.3, -0.25) is 14.4 Å². The fraction of sp³-hybridized carbons (Fsp3) is 0.928. The molecule has 0 saturated heterocycles. The van der Waals surface area contributed by atoms with Crippen molar-refractivity contribution in [1.82, 2.24) is 0 Å². The SMILES string of the molecule is CCCCCCCCCC/C=C\CCCCCCCCCCCCCCCCCCCCCCCCCC(=O)OCC(COC(=O)CCCCCCC)OC(=O)CCCCCCCCCCCCCCCCCCC. The van der Waals surface area contributed by atoms with Gasteiger partial charge in [0.2, 0.25) is 0 Å². The molecule has 0 amide bonds. The van der Waals surface area contributed by atoms with Gasteiger partial charge in [0.25, 0.3) is 0 Å². The lowest BCUT2D eigenvalue weighted by molar-refractivity contribution is -0.167. The van der Waals surface area contributed by atoms with Crippen LogP contribution < -0.4 is 0 Å². The molecule has 0 aliphatic carbocycles. The third kappa shape index (κ3) is 62.9. The van der Waals surface area contributed by atoms with Crippen molar-refractivity contribution >= 4 is 17.9 Å². The zero-order valence-electron chi connectivity index (χ0n) is 51.1. The highest BCUT2D eigenvalue weighted by atomic mass is 16.6. The lowest BCUT2D eigenvalue weighted by atomic mass is 10.0. The van der Waals surface area contributed by atoms with Crippen LogP contribution in [0.1, 0.15) is 393 Å². The van der Waals surface area contributed by atoms with Crippen LogP contribution in [0.3, 0.4) is 0 Å². The Morgan fingerprint density at radius 1 is 0.253 bits per heavy atom. The zero-order valence-corrected chi connectivity index (χ0v) is 51.1. The van der Waals surface area contributed by atoms with E-state index in [0.717, 1.165) is 64.2 Å².